The molecule has 1 atom stereocenters. The number of amides is 1. The number of carbonyl (C=O) groups excluding carboxylic acids is 1. The standard InChI is InChI=1S/C17H24N2O4/c20-16(19-11-5-6-14(19)17(21)22)15-8-7-13(23-15)12-18-9-3-1-2-4-10-18/h7-8,14H,1-6,9-12H2,(H,21,22). The predicted molar refractivity (Wildman–Crippen MR) is 84.1 cm³/mol. The minimum absolute atomic E-state index is 0.253. The van der Waals surface area contributed by atoms with Crippen molar-refractivity contribution in [3.8, 4) is 0 Å². The Morgan fingerprint density at radius 2 is 1.83 bits per heavy atom. The van der Waals surface area contributed by atoms with Crippen LogP contribution < -0.4 is 0 Å². The maximum atomic E-state index is 12.5. The summed E-state index contributed by atoms with van der Waals surface area (Å²) in [5.74, 6) is -0.214. The van der Waals surface area contributed by atoms with Gasteiger partial charge in [-0.3, -0.25) is 9.69 Å². The number of aliphatic carboxylic acids is 1. The average Bonchev–Trinajstić information content (AvgIpc) is 3.12. The van der Waals surface area contributed by atoms with Gasteiger partial charge in [0.2, 0.25) is 0 Å². The molecule has 0 aromatic carbocycles. The van der Waals surface area contributed by atoms with Crippen molar-refractivity contribution >= 4 is 11.9 Å². The molecule has 0 radical (unpaired) electrons. The van der Waals surface area contributed by atoms with E-state index in [0.717, 1.165) is 31.8 Å². The van der Waals surface area contributed by atoms with Gasteiger partial charge in [-0.15, -0.1) is 0 Å². The summed E-state index contributed by atoms with van der Waals surface area (Å²) >= 11 is 0. The fourth-order valence-electron chi connectivity index (χ4n) is 3.50. The lowest BCUT2D eigenvalue weighted by Crippen LogP contribution is -2.40. The number of likely N-dealkylation sites (tertiary alicyclic amines) is 2. The van der Waals surface area contributed by atoms with Gasteiger partial charge < -0.3 is 14.4 Å². The van der Waals surface area contributed by atoms with Crippen molar-refractivity contribution in [1.29, 1.82) is 0 Å². The molecule has 0 aliphatic carbocycles. The van der Waals surface area contributed by atoms with Crippen LogP contribution in [0.4, 0.5) is 0 Å². The first-order valence-electron chi connectivity index (χ1n) is 8.50. The van der Waals surface area contributed by atoms with Crippen LogP contribution in [-0.4, -0.2) is 52.5 Å². The minimum atomic E-state index is -0.938. The molecule has 1 unspecified atom stereocenters. The first-order valence-corrected chi connectivity index (χ1v) is 8.50. The van der Waals surface area contributed by atoms with Crippen LogP contribution in [0.3, 0.4) is 0 Å². The van der Waals surface area contributed by atoms with Crippen molar-refractivity contribution in [2.24, 2.45) is 0 Å². The molecule has 0 saturated carbocycles. The van der Waals surface area contributed by atoms with Crippen LogP contribution in [0.5, 0.6) is 0 Å². The molecular formula is C17H24N2O4. The summed E-state index contributed by atoms with van der Waals surface area (Å²) in [5.41, 5.74) is 0. The molecule has 2 saturated heterocycles. The van der Waals surface area contributed by atoms with E-state index in [2.05, 4.69) is 4.90 Å². The summed E-state index contributed by atoms with van der Waals surface area (Å²) in [6.45, 7) is 3.34. The Labute approximate surface area is 136 Å². The van der Waals surface area contributed by atoms with Crippen molar-refractivity contribution in [3.05, 3.63) is 23.7 Å². The van der Waals surface area contributed by atoms with E-state index >= 15 is 0 Å². The van der Waals surface area contributed by atoms with Crippen molar-refractivity contribution in [2.45, 2.75) is 51.1 Å². The lowest BCUT2D eigenvalue weighted by Gasteiger charge is -2.20. The van der Waals surface area contributed by atoms with E-state index in [1.165, 1.54) is 30.6 Å². The zero-order chi connectivity index (χ0) is 16.2. The van der Waals surface area contributed by atoms with Crippen molar-refractivity contribution < 1.29 is 19.1 Å². The van der Waals surface area contributed by atoms with Gasteiger partial charge in [-0.1, -0.05) is 12.8 Å². The van der Waals surface area contributed by atoms with E-state index in [-0.39, 0.29) is 11.7 Å². The molecule has 1 aromatic heterocycles. The molecule has 3 heterocycles. The van der Waals surface area contributed by atoms with Gasteiger partial charge in [-0.05, 0) is 50.9 Å². The van der Waals surface area contributed by atoms with Gasteiger partial charge in [0.05, 0.1) is 6.54 Å². The van der Waals surface area contributed by atoms with Crippen molar-refractivity contribution in [1.82, 2.24) is 9.80 Å². The minimum Gasteiger partial charge on any atom is -0.480 e. The fourth-order valence-corrected chi connectivity index (χ4v) is 3.50. The quantitative estimate of drug-likeness (QED) is 0.922. The molecule has 0 bridgehead atoms. The van der Waals surface area contributed by atoms with E-state index < -0.39 is 12.0 Å². The molecule has 1 amide bonds. The van der Waals surface area contributed by atoms with Crippen LogP contribution in [0.15, 0.2) is 16.5 Å². The Hall–Kier alpha value is -1.82. The van der Waals surface area contributed by atoms with Crippen molar-refractivity contribution in [3.63, 3.8) is 0 Å². The topological polar surface area (TPSA) is 74.0 Å². The second kappa shape index (κ2) is 7.17. The molecule has 1 N–H and O–H groups in total. The van der Waals surface area contributed by atoms with Gasteiger partial charge in [-0.25, -0.2) is 4.79 Å². The van der Waals surface area contributed by atoms with Gasteiger partial charge in [0.25, 0.3) is 5.91 Å². The lowest BCUT2D eigenvalue weighted by molar-refractivity contribution is -0.141. The Balaban J connectivity index is 1.64. The highest BCUT2D eigenvalue weighted by atomic mass is 16.4. The summed E-state index contributed by atoms with van der Waals surface area (Å²) in [6.07, 6.45) is 6.22. The third-order valence-corrected chi connectivity index (χ3v) is 4.75. The van der Waals surface area contributed by atoms with E-state index in [9.17, 15) is 14.7 Å². The van der Waals surface area contributed by atoms with Crippen LogP contribution in [0, 0.1) is 0 Å². The highest BCUT2D eigenvalue weighted by molar-refractivity contribution is 5.94. The number of hydrogen-bond acceptors (Lipinski definition) is 4. The summed E-state index contributed by atoms with van der Waals surface area (Å²) in [6, 6.07) is 2.79. The van der Waals surface area contributed by atoms with E-state index in [0.29, 0.717) is 13.0 Å². The number of rotatable bonds is 4. The largest absolute Gasteiger partial charge is 0.480 e. The van der Waals surface area contributed by atoms with E-state index in [4.69, 9.17) is 4.42 Å². The zero-order valence-corrected chi connectivity index (χ0v) is 13.4. The molecule has 0 spiro atoms. The summed E-state index contributed by atoms with van der Waals surface area (Å²) < 4.78 is 5.70. The van der Waals surface area contributed by atoms with Crippen LogP contribution in [0.2, 0.25) is 0 Å². The number of hydrogen-bond donors (Lipinski definition) is 1. The number of carboxylic acids is 1. The maximum absolute atomic E-state index is 12.5. The molecular weight excluding hydrogens is 296 g/mol. The Kier molecular flexibility index (Phi) is 5.00. The van der Waals surface area contributed by atoms with Crippen LogP contribution in [0.1, 0.15) is 54.8 Å². The first-order chi connectivity index (χ1) is 11.1. The summed E-state index contributed by atoms with van der Waals surface area (Å²) in [4.78, 5) is 27.5. The number of furan rings is 1. The Morgan fingerprint density at radius 3 is 2.52 bits per heavy atom. The predicted octanol–water partition coefficient (Wildman–Crippen LogP) is 2.34. The Bertz CT molecular complexity index is 561. The molecule has 126 valence electrons. The summed E-state index contributed by atoms with van der Waals surface area (Å²) in [5, 5.41) is 9.20. The molecule has 2 fully saturated rings. The van der Waals surface area contributed by atoms with Crippen molar-refractivity contribution in [2.75, 3.05) is 19.6 Å². The molecule has 3 rings (SSSR count). The fraction of sp³-hybridized carbons (Fsp3) is 0.647. The second-order valence-electron chi connectivity index (χ2n) is 6.45. The highest BCUT2D eigenvalue weighted by Gasteiger charge is 2.35. The van der Waals surface area contributed by atoms with E-state index in [1.807, 2.05) is 6.07 Å². The smallest absolute Gasteiger partial charge is 0.326 e. The molecule has 2 aliphatic heterocycles. The first kappa shape index (κ1) is 16.1. The second-order valence-corrected chi connectivity index (χ2v) is 6.45. The Morgan fingerprint density at radius 1 is 1.09 bits per heavy atom. The van der Waals surface area contributed by atoms with Gasteiger partial charge in [0, 0.05) is 6.54 Å². The normalized spacial score (nSPS) is 23.0. The molecule has 2 aliphatic rings. The SMILES string of the molecule is O=C(O)C1CCCN1C(=O)c1ccc(CN2CCCCCC2)o1. The molecule has 6 nitrogen and oxygen atoms in total. The molecule has 1 aromatic rings. The van der Waals surface area contributed by atoms with Crippen LogP contribution in [-0.2, 0) is 11.3 Å². The van der Waals surface area contributed by atoms with Gasteiger partial charge >= 0.3 is 5.97 Å². The van der Waals surface area contributed by atoms with Crippen LogP contribution >= 0.6 is 0 Å². The maximum Gasteiger partial charge on any atom is 0.326 e. The third-order valence-electron chi connectivity index (χ3n) is 4.75. The van der Waals surface area contributed by atoms with Crippen LogP contribution in [0.25, 0.3) is 0 Å². The number of carboxylic acid groups (broad SMARTS) is 1. The lowest BCUT2D eigenvalue weighted by atomic mass is 10.2. The van der Waals surface area contributed by atoms with E-state index in [1.54, 1.807) is 6.07 Å². The highest BCUT2D eigenvalue weighted by Crippen LogP contribution is 2.22. The number of carbonyl (C=O) groups is 2. The number of nitrogens with zero attached hydrogens (tertiary/aromatic N) is 2. The average molecular weight is 320 g/mol. The molecule has 23 heavy (non-hydrogen) atoms. The molecule has 6 heteroatoms. The monoisotopic (exact) mass is 320 g/mol. The van der Waals surface area contributed by atoms with Gasteiger partial charge in [0.1, 0.15) is 11.8 Å². The van der Waals surface area contributed by atoms with Gasteiger partial charge in [0.15, 0.2) is 5.76 Å². The zero-order valence-electron chi connectivity index (χ0n) is 13.4. The third kappa shape index (κ3) is 3.75. The summed E-state index contributed by atoms with van der Waals surface area (Å²) in [7, 11) is 0. The van der Waals surface area contributed by atoms with Gasteiger partial charge in [-0.2, -0.15) is 0 Å².